The van der Waals surface area contributed by atoms with Crippen LogP contribution in [0.15, 0.2) is 24.3 Å². The van der Waals surface area contributed by atoms with Crippen LogP contribution in [0.2, 0.25) is 0 Å². The van der Waals surface area contributed by atoms with E-state index in [0.29, 0.717) is 0 Å². The Morgan fingerprint density at radius 1 is 1.32 bits per heavy atom. The summed E-state index contributed by atoms with van der Waals surface area (Å²) in [6.45, 7) is 6.71. The van der Waals surface area contributed by atoms with Crippen molar-refractivity contribution in [2.75, 3.05) is 23.7 Å². The molecule has 1 unspecified atom stereocenters. The molecule has 1 aromatic heterocycles. The largest absolute Gasteiger partial charge is 0.399 e. The molecule has 0 amide bonds. The summed E-state index contributed by atoms with van der Waals surface area (Å²) in [5, 5.41) is 1.13. The first-order chi connectivity index (χ1) is 9.13. The van der Waals surface area contributed by atoms with Crippen molar-refractivity contribution in [3.05, 3.63) is 29.8 Å². The highest BCUT2D eigenvalue weighted by Crippen LogP contribution is 2.27. The normalized spacial score (nSPS) is 19.9. The molecule has 0 aliphatic carbocycles. The zero-order valence-electron chi connectivity index (χ0n) is 11.7. The third-order valence-corrected chi connectivity index (χ3v) is 3.96. The molecular weight excluding hydrogens is 234 g/mol. The van der Waals surface area contributed by atoms with Gasteiger partial charge in [-0.2, -0.15) is 0 Å². The van der Waals surface area contributed by atoms with Crippen LogP contribution in [0.25, 0.3) is 10.9 Å². The Kier molecular flexibility index (Phi) is 3.05. The second kappa shape index (κ2) is 4.72. The fraction of sp³-hybridized carbons (Fsp3) is 0.438. The molecule has 3 nitrogen and oxygen atoms in total. The Bertz CT molecular complexity index is 606. The lowest BCUT2D eigenvalue weighted by atomic mass is 10.00. The summed E-state index contributed by atoms with van der Waals surface area (Å²) in [7, 11) is 0. The lowest BCUT2D eigenvalue weighted by molar-refractivity contribution is 0.444. The van der Waals surface area contributed by atoms with Gasteiger partial charge in [-0.05, 0) is 55.5 Å². The predicted octanol–water partition coefficient (Wildman–Crippen LogP) is 3.36. The number of anilines is 2. The number of pyridine rings is 1. The number of benzene rings is 1. The van der Waals surface area contributed by atoms with Crippen molar-refractivity contribution in [1.82, 2.24) is 4.98 Å². The van der Waals surface area contributed by atoms with Crippen LogP contribution in [0.5, 0.6) is 0 Å². The van der Waals surface area contributed by atoms with Crippen LogP contribution in [0.3, 0.4) is 0 Å². The minimum Gasteiger partial charge on any atom is -0.399 e. The molecule has 2 aromatic rings. The van der Waals surface area contributed by atoms with Gasteiger partial charge in [0, 0.05) is 24.2 Å². The standard InChI is InChI=1S/C16H21N3/c1-11-4-3-7-19(10-11)16-12(2)8-13-9-14(17)5-6-15(13)18-16/h5-6,8-9,11H,3-4,7,10,17H2,1-2H3. The van der Waals surface area contributed by atoms with Gasteiger partial charge >= 0.3 is 0 Å². The topological polar surface area (TPSA) is 42.1 Å². The average molecular weight is 255 g/mol. The molecule has 1 aromatic carbocycles. The summed E-state index contributed by atoms with van der Waals surface area (Å²) < 4.78 is 0. The summed E-state index contributed by atoms with van der Waals surface area (Å²) >= 11 is 0. The fourth-order valence-corrected chi connectivity index (χ4v) is 2.99. The van der Waals surface area contributed by atoms with Crippen molar-refractivity contribution in [1.29, 1.82) is 0 Å². The Morgan fingerprint density at radius 2 is 2.16 bits per heavy atom. The van der Waals surface area contributed by atoms with Crippen LogP contribution < -0.4 is 10.6 Å². The molecule has 100 valence electrons. The lowest BCUT2D eigenvalue weighted by Gasteiger charge is -2.33. The van der Waals surface area contributed by atoms with Gasteiger partial charge in [-0.25, -0.2) is 4.98 Å². The number of piperidine rings is 1. The van der Waals surface area contributed by atoms with Gasteiger partial charge in [-0.15, -0.1) is 0 Å². The first kappa shape index (κ1) is 12.3. The van der Waals surface area contributed by atoms with Crippen LogP contribution in [0, 0.1) is 12.8 Å². The van der Waals surface area contributed by atoms with Gasteiger partial charge in [0.1, 0.15) is 5.82 Å². The van der Waals surface area contributed by atoms with Gasteiger partial charge in [0.15, 0.2) is 0 Å². The van der Waals surface area contributed by atoms with Crippen LogP contribution in [-0.4, -0.2) is 18.1 Å². The zero-order valence-corrected chi connectivity index (χ0v) is 11.7. The molecule has 0 radical (unpaired) electrons. The van der Waals surface area contributed by atoms with Crippen LogP contribution in [0.1, 0.15) is 25.3 Å². The Hall–Kier alpha value is -1.77. The lowest BCUT2D eigenvalue weighted by Crippen LogP contribution is -2.35. The second-order valence-corrected chi connectivity index (χ2v) is 5.77. The number of hydrogen-bond acceptors (Lipinski definition) is 3. The smallest absolute Gasteiger partial charge is 0.132 e. The molecule has 1 saturated heterocycles. The molecule has 0 spiro atoms. The highest BCUT2D eigenvalue weighted by atomic mass is 15.2. The van der Waals surface area contributed by atoms with Crippen molar-refractivity contribution in [2.24, 2.45) is 5.92 Å². The first-order valence-corrected chi connectivity index (χ1v) is 7.05. The second-order valence-electron chi connectivity index (χ2n) is 5.77. The molecule has 1 aliphatic rings. The fourth-order valence-electron chi connectivity index (χ4n) is 2.99. The Labute approximate surface area is 114 Å². The van der Waals surface area contributed by atoms with Crippen LogP contribution in [-0.2, 0) is 0 Å². The Morgan fingerprint density at radius 3 is 2.95 bits per heavy atom. The summed E-state index contributed by atoms with van der Waals surface area (Å²) in [4.78, 5) is 7.27. The maximum atomic E-state index is 5.83. The molecule has 3 rings (SSSR count). The third-order valence-electron chi connectivity index (χ3n) is 3.96. The van der Waals surface area contributed by atoms with Crippen LogP contribution >= 0.6 is 0 Å². The molecule has 0 saturated carbocycles. The number of rotatable bonds is 1. The van der Waals surface area contributed by atoms with E-state index < -0.39 is 0 Å². The van der Waals surface area contributed by atoms with Crippen molar-refractivity contribution in [3.8, 4) is 0 Å². The van der Waals surface area contributed by atoms with Gasteiger partial charge in [0.25, 0.3) is 0 Å². The third kappa shape index (κ3) is 2.37. The van der Waals surface area contributed by atoms with Crippen molar-refractivity contribution >= 4 is 22.4 Å². The number of hydrogen-bond donors (Lipinski definition) is 1. The molecular formula is C16H21N3. The summed E-state index contributed by atoms with van der Waals surface area (Å²) in [5.41, 5.74) is 8.91. The zero-order chi connectivity index (χ0) is 13.4. The summed E-state index contributed by atoms with van der Waals surface area (Å²) in [6.07, 6.45) is 2.60. The van der Waals surface area contributed by atoms with Crippen molar-refractivity contribution < 1.29 is 0 Å². The van der Waals surface area contributed by atoms with E-state index in [1.165, 1.54) is 18.4 Å². The van der Waals surface area contributed by atoms with Gasteiger partial charge in [0.05, 0.1) is 5.52 Å². The SMILES string of the molecule is Cc1cc2cc(N)ccc2nc1N1CCCC(C)C1. The molecule has 0 bridgehead atoms. The predicted molar refractivity (Wildman–Crippen MR) is 81.5 cm³/mol. The maximum absolute atomic E-state index is 5.83. The molecule has 19 heavy (non-hydrogen) atoms. The molecule has 3 heteroatoms. The number of nitrogen functional groups attached to an aromatic ring is 1. The quantitative estimate of drug-likeness (QED) is 0.794. The van der Waals surface area contributed by atoms with Gasteiger partial charge in [0.2, 0.25) is 0 Å². The minimum atomic E-state index is 0.761. The van der Waals surface area contributed by atoms with E-state index in [1.807, 2.05) is 18.2 Å². The van der Waals surface area contributed by atoms with Crippen molar-refractivity contribution in [2.45, 2.75) is 26.7 Å². The number of nitrogens with two attached hydrogens (primary N) is 1. The molecule has 2 N–H and O–H groups in total. The summed E-state index contributed by atoms with van der Waals surface area (Å²) in [5.74, 6) is 1.90. The molecule has 1 atom stereocenters. The number of aromatic nitrogens is 1. The van der Waals surface area contributed by atoms with Gasteiger partial charge < -0.3 is 10.6 Å². The van der Waals surface area contributed by atoms with E-state index in [4.69, 9.17) is 10.7 Å². The number of aryl methyl sites for hydroxylation is 1. The van der Waals surface area contributed by atoms with E-state index in [1.54, 1.807) is 0 Å². The Balaban J connectivity index is 2.03. The monoisotopic (exact) mass is 255 g/mol. The van der Waals surface area contributed by atoms with E-state index in [9.17, 15) is 0 Å². The van der Waals surface area contributed by atoms with Gasteiger partial charge in [-0.1, -0.05) is 6.92 Å². The maximum Gasteiger partial charge on any atom is 0.132 e. The molecule has 1 aliphatic heterocycles. The highest BCUT2D eigenvalue weighted by Gasteiger charge is 2.19. The molecule has 2 heterocycles. The van der Waals surface area contributed by atoms with Crippen molar-refractivity contribution in [3.63, 3.8) is 0 Å². The first-order valence-electron chi connectivity index (χ1n) is 7.05. The number of fused-ring (bicyclic) bond motifs is 1. The summed E-state index contributed by atoms with van der Waals surface area (Å²) in [6, 6.07) is 8.14. The van der Waals surface area contributed by atoms with Crippen LogP contribution in [0.4, 0.5) is 11.5 Å². The highest BCUT2D eigenvalue weighted by molar-refractivity contribution is 5.84. The van der Waals surface area contributed by atoms with E-state index >= 15 is 0 Å². The van der Waals surface area contributed by atoms with E-state index in [-0.39, 0.29) is 0 Å². The minimum absolute atomic E-state index is 0.761. The van der Waals surface area contributed by atoms with Gasteiger partial charge in [-0.3, -0.25) is 0 Å². The molecule has 1 fully saturated rings. The van der Waals surface area contributed by atoms with E-state index in [0.717, 1.165) is 41.4 Å². The van der Waals surface area contributed by atoms with E-state index in [2.05, 4.69) is 24.8 Å². The average Bonchev–Trinajstić information content (AvgIpc) is 2.37. The number of nitrogens with zero attached hydrogens (tertiary/aromatic N) is 2.